The Morgan fingerprint density at radius 3 is 3.00 bits per heavy atom. The summed E-state index contributed by atoms with van der Waals surface area (Å²) in [7, 11) is 0. The topological polar surface area (TPSA) is 93.6 Å². The number of thioether (sulfide) groups is 1. The number of nitrogens with one attached hydrogen (secondary N) is 1. The Labute approximate surface area is 126 Å². The van der Waals surface area contributed by atoms with Crippen molar-refractivity contribution in [2.75, 3.05) is 12.0 Å². The van der Waals surface area contributed by atoms with Crippen molar-refractivity contribution in [2.24, 2.45) is 5.73 Å². The SMILES string of the molecule is CSCC[C@@H](N)c1nc(Cc2nc3ccccc3[nH]2)no1. The molecule has 0 aliphatic carbocycles. The number of aromatic amines is 1. The maximum atomic E-state index is 6.02. The molecular formula is C14H17N5OS. The molecule has 3 aromatic rings. The van der Waals surface area contributed by atoms with Gasteiger partial charge in [0.1, 0.15) is 5.82 Å². The van der Waals surface area contributed by atoms with Crippen molar-refractivity contribution in [3.8, 4) is 0 Å². The van der Waals surface area contributed by atoms with Crippen molar-refractivity contribution >= 4 is 22.8 Å². The number of hydrogen-bond donors (Lipinski definition) is 2. The number of fused-ring (bicyclic) bond motifs is 1. The Hall–Kier alpha value is -1.86. The second kappa shape index (κ2) is 6.28. The van der Waals surface area contributed by atoms with Crippen LogP contribution < -0.4 is 5.73 Å². The van der Waals surface area contributed by atoms with E-state index >= 15 is 0 Å². The third-order valence-corrected chi connectivity index (χ3v) is 3.84. The number of H-pyrrole nitrogens is 1. The lowest BCUT2D eigenvalue weighted by atomic mass is 10.2. The Kier molecular flexibility index (Phi) is 4.21. The molecule has 0 unspecified atom stereocenters. The van der Waals surface area contributed by atoms with Crippen molar-refractivity contribution in [3.63, 3.8) is 0 Å². The summed E-state index contributed by atoms with van der Waals surface area (Å²) < 4.78 is 5.23. The second-order valence-corrected chi connectivity index (χ2v) is 5.80. The summed E-state index contributed by atoms with van der Waals surface area (Å²) in [5.74, 6) is 2.89. The van der Waals surface area contributed by atoms with E-state index in [1.165, 1.54) is 0 Å². The van der Waals surface area contributed by atoms with Crippen molar-refractivity contribution in [2.45, 2.75) is 18.9 Å². The zero-order chi connectivity index (χ0) is 14.7. The van der Waals surface area contributed by atoms with Crippen LogP contribution in [0.4, 0.5) is 0 Å². The summed E-state index contributed by atoms with van der Waals surface area (Å²) >= 11 is 1.75. The van der Waals surface area contributed by atoms with Gasteiger partial charge in [0.2, 0.25) is 5.89 Å². The fourth-order valence-electron chi connectivity index (χ4n) is 2.10. The van der Waals surface area contributed by atoms with E-state index in [0.29, 0.717) is 18.1 Å². The van der Waals surface area contributed by atoms with Gasteiger partial charge in [-0.2, -0.15) is 16.7 Å². The van der Waals surface area contributed by atoms with E-state index in [9.17, 15) is 0 Å². The van der Waals surface area contributed by atoms with Gasteiger partial charge in [0.05, 0.1) is 23.5 Å². The molecule has 0 aliphatic heterocycles. The number of aromatic nitrogens is 4. The molecule has 110 valence electrons. The molecule has 0 aliphatic rings. The van der Waals surface area contributed by atoms with E-state index in [0.717, 1.165) is 29.0 Å². The van der Waals surface area contributed by atoms with Gasteiger partial charge in [-0.3, -0.25) is 0 Å². The first kappa shape index (κ1) is 14.1. The van der Waals surface area contributed by atoms with E-state index in [-0.39, 0.29) is 6.04 Å². The molecule has 0 amide bonds. The van der Waals surface area contributed by atoms with Crippen LogP contribution in [0.3, 0.4) is 0 Å². The van der Waals surface area contributed by atoms with Gasteiger partial charge in [0.15, 0.2) is 5.82 Å². The lowest BCUT2D eigenvalue weighted by Crippen LogP contribution is -2.11. The highest BCUT2D eigenvalue weighted by Gasteiger charge is 2.15. The minimum atomic E-state index is -0.200. The maximum absolute atomic E-state index is 6.02. The number of benzene rings is 1. The summed E-state index contributed by atoms with van der Waals surface area (Å²) in [5, 5.41) is 3.98. The maximum Gasteiger partial charge on any atom is 0.243 e. The van der Waals surface area contributed by atoms with E-state index in [2.05, 4.69) is 20.1 Å². The molecule has 0 spiro atoms. The van der Waals surface area contributed by atoms with Gasteiger partial charge in [0, 0.05) is 0 Å². The van der Waals surface area contributed by atoms with E-state index < -0.39 is 0 Å². The fourth-order valence-corrected chi connectivity index (χ4v) is 2.59. The third-order valence-electron chi connectivity index (χ3n) is 3.20. The van der Waals surface area contributed by atoms with Gasteiger partial charge in [-0.1, -0.05) is 17.3 Å². The molecular weight excluding hydrogens is 286 g/mol. The van der Waals surface area contributed by atoms with Gasteiger partial charge in [0.25, 0.3) is 0 Å². The van der Waals surface area contributed by atoms with Gasteiger partial charge < -0.3 is 15.2 Å². The van der Waals surface area contributed by atoms with E-state index in [1.807, 2.05) is 30.5 Å². The predicted octanol–water partition coefficient (Wildman–Crippen LogP) is 2.29. The minimum Gasteiger partial charge on any atom is -0.342 e. The highest BCUT2D eigenvalue weighted by atomic mass is 32.2. The number of nitrogens with zero attached hydrogens (tertiary/aromatic N) is 3. The summed E-state index contributed by atoms with van der Waals surface area (Å²) in [4.78, 5) is 12.1. The lowest BCUT2D eigenvalue weighted by Gasteiger charge is -2.03. The van der Waals surface area contributed by atoms with E-state index in [4.69, 9.17) is 10.3 Å². The first-order valence-corrected chi connectivity index (χ1v) is 8.16. The van der Waals surface area contributed by atoms with Crippen molar-refractivity contribution in [1.29, 1.82) is 0 Å². The first-order chi connectivity index (χ1) is 10.3. The predicted molar refractivity (Wildman–Crippen MR) is 83.1 cm³/mol. The van der Waals surface area contributed by atoms with Gasteiger partial charge in [-0.25, -0.2) is 4.98 Å². The molecule has 0 saturated heterocycles. The highest BCUT2D eigenvalue weighted by Crippen LogP contribution is 2.16. The van der Waals surface area contributed by atoms with Crippen LogP contribution in [0, 0.1) is 0 Å². The molecule has 1 aromatic carbocycles. The second-order valence-electron chi connectivity index (χ2n) is 4.81. The minimum absolute atomic E-state index is 0.200. The van der Waals surface area contributed by atoms with Crippen LogP contribution in [0.15, 0.2) is 28.8 Å². The number of rotatable bonds is 6. The molecule has 1 atom stereocenters. The zero-order valence-electron chi connectivity index (χ0n) is 11.7. The molecule has 7 heteroatoms. The molecule has 21 heavy (non-hydrogen) atoms. The first-order valence-electron chi connectivity index (χ1n) is 6.77. The molecule has 2 aromatic heterocycles. The summed E-state index contributed by atoms with van der Waals surface area (Å²) in [5.41, 5.74) is 7.96. The average Bonchev–Trinajstić information content (AvgIpc) is 3.11. The Morgan fingerprint density at radius 2 is 2.19 bits per heavy atom. The Bertz CT molecular complexity index is 690. The van der Waals surface area contributed by atoms with Gasteiger partial charge >= 0.3 is 0 Å². The van der Waals surface area contributed by atoms with Gasteiger partial charge in [-0.15, -0.1) is 0 Å². The molecule has 0 fully saturated rings. The number of imidazole rings is 1. The number of hydrogen-bond acceptors (Lipinski definition) is 6. The van der Waals surface area contributed by atoms with Crippen LogP contribution >= 0.6 is 11.8 Å². The largest absolute Gasteiger partial charge is 0.342 e. The third kappa shape index (κ3) is 3.25. The number of nitrogens with two attached hydrogens (primary N) is 1. The molecule has 3 rings (SSSR count). The highest BCUT2D eigenvalue weighted by molar-refractivity contribution is 7.98. The summed E-state index contributed by atoms with van der Waals surface area (Å²) in [6.07, 6.45) is 3.38. The van der Waals surface area contributed by atoms with Crippen LogP contribution in [0.5, 0.6) is 0 Å². The van der Waals surface area contributed by atoms with Crippen molar-refractivity contribution in [3.05, 3.63) is 41.8 Å². The van der Waals surface area contributed by atoms with Gasteiger partial charge in [-0.05, 0) is 30.6 Å². The molecule has 2 heterocycles. The molecule has 0 bridgehead atoms. The zero-order valence-corrected chi connectivity index (χ0v) is 12.6. The standard InChI is InChI=1S/C14H17N5OS/c1-21-7-6-9(15)14-18-13(19-20-14)8-12-16-10-4-2-3-5-11(10)17-12/h2-5,9H,6-8,15H2,1H3,(H,16,17)/t9-/m1/s1. The quantitative estimate of drug-likeness (QED) is 0.725. The molecule has 3 N–H and O–H groups in total. The van der Waals surface area contributed by atoms with E-state index in [1.54, 1.807) is 11.8 Å². The summed E-state index contributed by atoms with van der Waals surface area (Å²) in [6, 6.07) is 7.70. The fraction of sp³-hybridized carbons (Fsp3) is 0.357. The van der Waals surface area contributed by atoms with Crippen LogP contribution in [-0.2, 0) is 6.42 Å². The van der Waals surface area contributed by atoms with Crippen LogP contribution in [0.2, 0.25) is 0 Å². The summed E-state index contributed by atoms with van der Waals surface area (Å²) in [6.45, 7) is 0. The Balaban J connectivity index is 1.71. The average molecular weight is 303 g/mol. The smallest absolute Gasteiger partial charge is 0.243 e. The molecule has 6 nitrogen and oxygen atoms in total. The number of para-hydroxylation sites is 2. The monoisotopic (exact) mass is 303 g/mol. The van der Waals surface area contributed by atoms with Crippen LogP contribution in [0.25, 0.3) is 11.0 Å². The van der Waals surface area contributed by atoms with Crippen LogP contribution in [0.1, 0.15) is 30.0 Å². The van der Waals surface area contributed by atoms with Crippen molar-refractivity contribution < 1.29 is 4.52 Å². The van der Waals surface area contributed by atoms with Crippen LogP contribution in [-0.4, -0.2) is 32.1 Å². The Morgan fingerprint density at radius 1 is 1.33 bits per heavy atom. The molecule has 0 radical (unpaired) electrons. The van der Waals surface area contributed by atoms with Crippen molar-refractivity contribution in [1.82, 2.24) is 20.1 Å². The molecule has 0 saturated carbocycles. The normalized spacial score (nSPS) is 12.9. The lowest BCUT2D eigenvalue weighted by molar-refractivity contribution is 0.349.